The van der Waals surface area contributed by atoms with Crippen LogP contribution in [0.1, 0.15) is 11.1 Å². The van der Waals surface area contributed by atoms with Gasteiger partial charge in [-0.05, 0) is 11.6 Å². The molecule has 0 aromatic heterocycles. The van der Waals surface area contributed by atoms with Crippen LogP contribution in [0.4, 0.5) is 0 Å². The van der Waals surface area contributed by atoms with Crippen LogP contribution in [0.2, 0.25) is 0 Å². The van der Waals surface area contributed by atoms with Crippen LogP contribution >= 0.6 is 0 Å². The van der Waals surface area contributed by atoms with E-state index in [0.29, 0.717) is 5.56 Å². The van der Waals surface area contributed by atoms with Gasteiger partial charge in [-0.3, -0.25) is 0 Å². The Morgan fingerprint density at radius 2 is 1.60 bits per heavy atom. The van der Waals surface area contributed by atoms with Crippen LogP contribution < -0.4 is 5.73 Å². The quantitative estimate of drug-likeness (QED) is 0.304. The van der Waals surface area contributed by atoms with Gasteiger partial charge in [-0.15, -0.1) is 0 Å². The van der Waals surface area contributed by atoms with Crippen molar-refractivity contribution in [3.05, 3.63) is 77.9 Å². The molecule has 0 spiro atoms. The number of carbonyl (C=O) groups is 1. The van der Waals surface area contributed by atoms with E-state index in [1.165, 1.54) is 6.08 Å². The Morgan fingerprint density at radius 1 is 1.00 bits per heavy atom. The fourth-order valence-electron chi connectivity index (χ4n) is 1.51. The van der Waals surface area contributed by atoms with Gasteiger partial charge in [-0.25, -0.2) is 4.79 Å². The maximum atomic E-state index is 11.5. The SMILES string of the molecule is NC(=NOC(=O)C=Cc1ccccc1)c1ccccc1. The third-order valence-electron chi connectivity index (χ3n) is 2.51. The van der Waals surface area contributed by atoms with Crippen LogP contribution in [-0.2, 0) is 9.63 Å². The summed E-state index contributed by atoms with van der Waals surface area (Å²) in [5.41, 5.74) is 7.31. The predicted molar refractivity (Wildman–Crippen MR) is 78.7 cm³/mol. The lowest BCUT2D eigenvalue weighted by molar-refractivity contribution is -0.137. The average Bonchev–Trinajstić information content (AvgIpc) is 2.52. The van der Waals surface area contributed by atoms with E-state index < -0.39 is 5.97 Å². The zero-order chi connectivity index (χ0) is 14.2. The summed E-state index contributed by atoms with van der Waals surface area (Å²) in [5.74, 6) is -0.417. The second-order valence-corrected chi connectivity index (χ2v) is 4.00. The molecule has 0 unspecified atom stereocenters. The van der Waals surface area contributed by atoms with Gasteiger partial charge >= 0.3 is 5.97 Å². The number of carbonyl (C=O) groups excluding carboxylic acids is 1. The minimum absolute atomic E-state index is 0.159. The third kappa shape index (κ3) is 4.10. The van der Waals surface area contributed by atoms with Gasteiger partial charge in [0.25, 0.3) is 0 Å². The van der Waals surface area contributed by atoms with Crippen LogP contribution in [0.3, 0.4) is 0 Å². The molecule has 0 aliphatic carbocycles. The molecule has 2 N–H and O–H groups in total. The summed E-state index contributed by atoms with van der Waals surface area (Å²) in [5, 5.41) is 3.60. The Morgan fingerprint density at radius 3 is 2.25 bits per heavy atom. The van der Waals surface area contributed by atoms with Gasteiger partial charge in [0.15, 0.2) is 5.84 Å². The summed E-state index contributed by atoms with van der Waals surface area (Å²) in [6, 6.07) is 18.5. The van der Waals surface area contributed by atoms with Gasteiger partial charge in [0.2, 0.25) is 0 Å². The number of rotatable bonds is 4. The summed E-state index contributed by atoms with van der Waals surface area (Å²) >= 11 is 0. The number of hydrogen-bond acceptors (Lipinski definition) is 3. The van der Waals surface area contributed by atoms with E-state index in [1.54, 1.807) is 18.2 Å². The topological polar surface area (TPSA) is 64.7 Å². The second-order valence-electron chi connectivity index (χ2n) is 4.00. The molecule has 20 heavy (non-hydrogen) atoms. The highest BCUT2D eigenvalue weighted by molar-refractivity contribution is 5.97. The van der Waals surface area contributed by atoms with Crippen LogP contribution in [0.15, 0.2) is 71.9 Å². The number of oxime groups is 1. The van der Waals surface area contributed by atoms with E-state index in [0.717, 1.165) is 5.56 Å². The van der Waals surface area contributed by atoms with Crippen molar-refractivity contribution in [2.45, 2.75) is 0 Å². The molecule has 100 valence electrons. The summed E-state index contributed by atoms with van der Waals surface area (Å²) in [7, 11) is 0. The zero-order valence-corrected chi connectivity index (χ0v) is 10.8. The molecule has 2 aromatic rings. The molecule has 0 heterocycles. The molecule has 0 fully saturated rings. The molecule has 0 saturated carbocycles. The Labute approximate surface area is 117 Å². The number of benzene rings is 2. The van der Waals surface area contributed by atoms with Crippen LogP contribution in [-0.4, -0.2) is 11.8 Å². The van der Waals surface area contributed by atoms with Crippen molar-refractivity contribution < 1.29 is 9.63 Å². The number of hydrogen-bond donors (Lipinski definition) is 1. The van der Waals surface area contributed by atoms with Crippen molar-refractivity contribution in [1.29, 1.82) is 0 Å². The first-order chi connectivity index (χ1) is 9.75. The molecular weight excluding hydrogens is 252 g/mol. The van der Waals surface area contributed by atoms with Crippen LogP contribution in [0, 0.1) is 0 Å². The maximum absolute atomic E-state index is 11.5. The van der Waals surface area contributed by atoms with Crippen molar-refractivity contribution in [2.75, 3.05) is 0 Å². The lowest BCUT2D eigenvalue weighted by Gasteiger charge is -1.98. The van der Waals surface area contributed by atoms with Crippen molar-refractivity contribution in [3.63, 3.8) is 0 Å². The fourth-order valence-corrected chi connectivity index (χ4v) is 1.51. The van der Waals surface area contributed by atoms with Crippen molar-refractivity contribution in [3.8, 4) is 0 Å². The number of amidine groups is 1. The minimum atomic E-state index is -0.576. The van der Waals surface area contributed by atoms with Crippen molar-refractivity contribution >= 4 is 17.9 Å². The van der Waals surface area contributed by atoms with Gasteiger partial charge < -0.3 is 10.6 Å². The molecule has 0 atom stereocenters. The summed E-state index contributed by atoms with van der Waals surface area (Å²) in [6.45, 7) is 0. The highest BCUT2D eigenvalue weighted by Gasteiger charge is 2.00. The smallest absolute Gasteiger partial charge is 0.358 e. The van der Waals surface area contributed by atoms with Crippen molar-refractivity contribution in [2.24, 2.45) is 10.9 Å². The maximum Gasteiger partial charge on any atom is 0.358 e. The molecule has 0 amide bonds. The molecule has 0 saturated heterocycles. The molecule has 0 aliphatic heterocycles. The molecule has 0 radical (unpaired) electrons. The van der Waals surface area contributed by atoms with Crippen LogP contribution in [0.5, 0.6) is 0 Å². The first kappa shape index (κ1) is 13.5. The third-order valence-corrected chi connectivity index (χ3v) is 2.51. The highest BCUT2D eigenvalue weighted by atomic mass is 16.7. The molecular formula is C16H14N2O2. The lowest BCUT2D eigenvalue weighted by atomic mass is 10.2. The van der Waals surface area contributed by atoms with E-state index >= 15 is 0 Å². The first-order valence-electron chi connectivity index (χ1n) is 6.09. The first-order valence-corrected chi connectivity index (χ1v) is 6.09. The van der Waals surface area contributed by atoms with Gasteiger partial charge in [-0.2, -0.15) is 0 Å². The minimum Gasteiger partial charge on any atom is -0.380 e. The molecule has 2 rings (SSSR count). The predicted octanol–water partition coefficient (Wildman–Crippen LogP) is 2.56. The Balaban J connectivity index is 1.94. The van der Waals surface area contributed by atoms with Gasteiger partial charge in [0.1, 0.15) is 0 Å². The molecule has 0 bridgehead atoms. The summed E-state index contributed by atoms with van der Waals surface area (Å²) in [4.78, 5) is 16.2. The van der Waals surface area contributed by atoms with Gasteiger partial charge in [-0.1, -0.05) is 65.8 Å². The van der Waals surface area contributed by atoms with Gasteiger partial charge in [0, 0.05) is 11.6 Å². The van der Waals surface area contributed by atoms with E-state index in [9.17, 15) is 4.79 Å². The highest BCUT2D eigenvalue weighted by Crippen LogP contribution is 2.02. The van der Waals surface area contributed by atoms with E-state index in [1.807, 2.05) is 48.5 Å². The second kappa shape index (κ2) is 6.89. The molecule has 4 nitrogen and oxygen atoms in total. The van der Waals surface area contributed by atoms with Gasteiger partial charge in [0.05, 0.1) is 0 Å². The fraction of sp³-hybridized carbons (Fsp3) is 0. The molecule has 0 aliphatic rings. The number of nitrogens with two attached hydrogens (primary N) is 1. The monoisotopic (exact) mass is 266 g/mol. The Bertz CT molecular complexity index is 619. The Kier molecular flexibility index (Phi) is 4.67. The average molecular weight is 266 g/mol. The molecule has 4 heteroatoms. The Hall–Kier alpha value is -2.88. The van der Waals surface area contributed by atoms with Crippen LogP contribution in [0.25, 0.3) is 6.08 Å². The summed E-state index contributed by atoms with van der Waals surface area (Å²) < 4.78 is 0. The van der Waals surface area contributed by atoms with E-state index in [2.05, 4.69) is 5.16 Å². The van der Waals surface area contributed by atoms with E-state index in [4.69, 9.17) is 10.6 Å². The molecule has 2 aromatic carbocycles. The largest absolute Gasteiger partial charge is 0.380 e. The zero-order valence-electron chi connectivity index (χ0n) is 10.8. The summed E-state index contributed by atoms with van der Waals surface area (Å²) in [6.07, 6.45) is 2.95. The van der Waals surface area contributed by atoms with E-state index in [-0.39, 0.29) is 5.84 Å². The standard InChI is InChI=1S/C16H14N2O2/c17-16(14-9-5-2-6-10-14)18-20-15(19)12-11-13-7-3-1-4-8-13/h1-12H,(H2,17,18). The normalized spacial score (nSPS) is 11.5. The van der Waals surface area contributed by atoms with Crippen molar-refractivity contribution in [1.82, 2.24) is 0 Å². The lowest BCUT2D eigenvalue weighted by Crippen LogP contribution is -2.14. The number of nitrogens with zero attached hydrogens (tertiary/aromatic N) is 1.